The first-order valence-electron chi connectivity index (χ1n) is 9.29. The fourth-order valence-electron chi connectivity index (χ4n) is 3.43. The van der Waals surface area contributed by atoms with Gasteiger partial charge in [-0.3, -0.25) is 4.68 Å². The van der Waals surface area contributed by atoms with Crippen molar-refractivity contribution in [2.45, 2.75) is 72.3 Å². The first-order valence-corrected chi connectivity index (χ1v) is 9.29. The van der Waals surface area contributed by atoms with E-state index < -0.39 is 0 Å². The standard InChI is InChI=1S/C19H35N3/c1-16(2)8-5-6-10-21-11-7-9-18(13-21)14-22-15-19(12-20-22)17(3)4/h12,15-18H,5-11,13-14H2,1-4H3. The second-order valence-corrected chi connectivity index (χ2v) is 7.85. The summed E-state index contributed by atoms with van der Waals surface area (Å²) in [7, 11) is 0. The normalized spacial score (nSPS) is 20.2. The van der Waals surface area contributed by atoms with E-state index in [0.29, 0.717) is 5.92 Å². The molecule has 0 aliphatic carbocycles. The van der Waals surface area contributed by atoms with Gasteiger partial charge in [0.25, 0.3) is 0 Å². The maximum Gasteiger partial charge on any atom is 0.0524 e. The van der Waals surface area contributed by atoms with Gasteiger partial charge < -0.3 is 4.90 Å². The predicted octanol–water partition coefficient (Wildman–Crippen LogP) is 4.54. The van der Waals surface area contributed by atoms with Gasteiger partial charge in [0, 0.05) is 19.3 Å². The molecule has 1 saturated heterocycles. The average molecular weight is 306 g/mol. The second-order valence-electron chi connectivity index (χ2n) is 7.85. The van der Waals surface area contributed by atoms with Crippen LogP contribution in [-0.4, -0.2) is 34.3 Å². The summed E-state index contributed by atoms with van der Waals surface area (Å²) >= 11 is 0. The lowest BCUT2D eigenvalue weighted by Crippen LogP contribution is -2.37. The summed E-state index contributed by atoms with van der Waals surface area (Å²) in [6.45, 7) is 14.1. The van der Waals surface area contributed by atoms with Gasteiger partial charge in [-0.05, 0) is 55.7 Å². The highest BCUT2D eigenvalue weighted by Gasteiger charge is 2.20. The van der Waals surface area contributed by atoms with E-state index in [1.165, 1.54) is 57.3 Å². The molecule has 0 radical (unpaired) electrons. The second kappa shape index (κ2) is 8.71. The summed E-state index contributed by atoms with van der Waals surface area (Å²) in [6.07, 6.45) is 11.1. The van der Waals surface area contributed by atoms with Gasteiger partial charge in [0.05, 0.1) is 6.20 Å². The highest BCUT2D eigenvalue weighted by atomic mass is 15.3. The maximum absolute atomic E-state index is 4.55. The van der Waals surface area contributed by atoms with Crippen molar-refractivity contribution in [1.29, 1.82) is 0 Å². The molecule has 0 amide bonds. The summed E-state index contributed by atoms with van der Waals surface area (Å²) in [4.78, 5) is 2.68. The Morgan fingerprint density at radius 2 is 2.05 bits per heavy atom. The summed E-state index contributed by atoms with van der Waals surface area (Å²) in [5, 5.41) is 4.55. The summed E-state index contributed by atoms with van der Waals surface area (Å²) < 4.78 is 2.17. The van der Waals surface area contributed by atoms with E-state index in [1.807, 2.05) is 6.20 Å². The Morgan fingerprint density at radius 3 is 2.73 bits per heavy atom. The molecule has 1 aromatic heterocycles. The van der Waals surface area contributed by atoms with E-state index in [9.17, 15) is 0 Å². The molecule has 2 rings (SSSR count). The molecule has 0 aromatic carbocycles. The van der Waals surface area contributed by atoms with Gasteiger partial charge in [-0.25, -0.2) is 0 Å². The minimum Gasteiger partial charge on any atom is -0.303 e. The molecule has 1 aliphatic heterocycles. The van der Waals surface area contributed by atoms with E-state index in [-0.39, 0.29) is 0 Å². The van der Waals surface area contributed by atoms with Crippen LogP contribution in [0.4, 0.5) is 0 Å². The Kier molecular flexibility index (Phi) is 6.94. The number of hydrogen-bond acceptors (Lipinski definition) is 2. The number of hydrogen-bond donors (Lipinski definition) is 0. The zero-order valence-electron chi connectivity index (χ0n) is 15.1. The Morgan fingerprint density at radius 1 is 1.23 bits per heavy atom. The molecule has 126 valence electrons. The highest BCUT2D eigenvalue weighted by Crippen LogP contribution is 2.20. The first-order chi connectivity index (χ1) is 10.5. The molecule has 1 atom stereocenters. The summed E-state index contributed by atoms with van der Waals surface area (Å²) in [5.74, 6) is 2.21. The first kappa shape index (κ1) is 17.5. The van der Waals surface area contributed by atoms with E-state index in [2.05, 4.69) is 48.6 Å². The predicted molar refractivity (Wildman–Crippen MR) is 94.2 cm³/mol. The zero-order chi connectivity index (χ0) is 15.9. The quantitative estimate of drug-likeness (QED) is 0.657. The Labute approximate surface area is 137 Å². The van der Waals surface area contributed by atoms with Crippen molar-refractivity contribution in [1.82, 2.24) is 14.7 Å². The SMILES string of the molecule is CC(C)CCCCN1CCCC(Cn2cc(C(C)C)cn2)C1. The van der Waals surface area contributed by atoms with Crippen LogP contribution in [0.3, 0.4) is 0 Å². The van der Waals surface area contributed by atoms with Crippen LogP contribution in [0.1, 0.15) is 71.3 Å². The smallest absolute Gasteiger partial charge is 0.0524 e. The molecular formula is C19H35N3. The molecule has 3 nitrogen and oxygen atoms in total. The van der Waals surface area contributed by atoms with Crippen LogP contribution in [-0.2, 0) is 6.54 Å². The van der Waals surface area contributed by atoms with Gasteiger partial charge in [0.15, 0.2) is 0 Å². The van der Waals surface area contributed by atoms with Gasteiger partial charge in [-0.15, -0.1) is 0 Å². The van der Waals surface area contributed by atoms with E-state index in [4.69, 9.17) is 0 Å². The molecule has 1 aromatic rings. The van der Waals surface area contributed by atoms with Crippen molar-refractivity contribution in [2.75, 3.05) is 19.6 Å². The molecule has 0 bridgehead atoms. The average Bonchev–Trinajstić information content (AvgIpc) is 2.93. The topological polar surface area (TPSA) is 21.1 Å². The van der Waals surface area contributed by atoms with Gasteiger partial charge >= 0.3 is 0 Å². The highest BCUT2D eigenvalue weighted by molar-refractivity contribution is 5.08. The van der Waals surface area contributed by atoms with Crippen molar-refractivity contribution >= 4 is 0 Å². The Bertz CT molecular complexity index is 422. The molecule has 2 heterocycles. The van der Waals surface area contributed by atoms with Gasteiger partial charge in [0.1, 0.15) is 0 Å². The third-order valence-electron chi connectivity index (χ3n) is 4.87. The fraction of sp³-hybridized carbons (Fsp3) is 0.842. The number of rotatable bonds is 8. The van der Waals surface area contributed by atoms with Crippen LogP contribution >= 0.6 is 0 Å². The van der Waals surface area contributed by atoms with Gasteiger partial charge in [0.2, 0.25) is 0 Å². The third-order valence-corrected chi connectivity index (χ3v) is 4.87. The molecule has 1 unspecified atom stereocenters. The lowest BCUT2D eigenvalue weighted by Gasteiger charge is -2.32. The van der Waals surface area contributed by atoms with Crippen molar-refractivity contribution in [2.24, 2.45) is 11.8 Å². The van der Waals surface area contributed by atoms with Crippen LogP contribution in [0, 0.1) is 11.8 Å². The third kappa shape index (κ3) is 5.75. The Balaban J connectivity index is 1.73. The molecule has 0 saturated carbocycles. The molecular weight excluding hydrogens is 270 g/mol. The van der Waals surface area contributed by atoms with E-state index in [1.54, 1.807) is 0 Å². The molecule has 3 heteroatoms. The van der Waals surface area contributed by atoms with Crippen molar-refractivity contribution < 1.29 is 0 Å². The monoisotopic (exact) mass is 305 g/mol. The lowest BCUT2D eigenvalue weighted by atomic mass is 9.97. The lowest BCUT2D eigenvalue weighted by molar-refractivity contribution is 0.157. The molecule has 1 aliphatic rings. The van der Waals surface area contributed by atoms with Crippen LogP contribution in [0.25, 0.3) is 0 Å². The van der Waals surface area contributed by atoms with Crippen molar-refractivity contribution in [3.8, 4) is 0 Å². The van der Waals surface area contributed by atoms with Crippen LogP contribution in [0.5, 0.6) is 0 Å². The van der Waals surface area contributed by atoms with Crippen LogP contribution < -0.4 is 0 Å². The number of aromatic nitrogens is 2. The molecule has 0 spiro atoms. The molecule has 22 heavy (non-hydrogen) atoms. The van der Waals surface area contributed by atoms with Crippen molar-refractivity contribution in [3.05, 3.63) is 18.0 Å². The molecule has 0 N–H and O–H groups in total. The van der Waals surface area contributed by atoms with Gasteiger partial charge in [-0.2, -0.15) is 5.10 Å². The zero-order valence-corrected chi connectivity index (χ0v) is 15.1. The Hall–Kier alpha value is -0.830. The number of likely N-dealkylation sites (tertiary alicyclic amines) is 1. The number of nitrogens with zero attached hydrogens (tertiary/aromatic N) is 3. The number of piperidine rings is 1. The fourth-order valence-corrected chi connectivity index (χ4v) is 3.43. The van der Waals surface area contributed by atoms with Crippen molar-refractivity contribution in [3.63, 3.8) is 0 Å². The molecule has 1 fully saturated rings. The minimum atomic E-state index is 0.581. The summed E-state index contributed by atoms with van der Waals surface area (Å²) in [5.41, 5.74) is 1.36. The van der Waals surface area contributed by atoms with Crippen LogP contribution in [0.15, 0.2) is 12.4 Å². The maximum atomic E-state index is 4.55. The van der Waals surface area contributed by atoms with Crippen LogP contribution in [0.2, 0.25) is 0 Å². The van der Waals surface area contributed by atoms with Gasteiger partial charge in [-0.1, -0.05) is 40.5 Å². The minimum absolute atomic E-state index is 0.581. The summed E-state index contributed by atoms with van der Waals surface area (Å²) in [6, 6.07) is 0. The van der Waals surface area contributed by atoms with E-state index >= 15 is 0 Å². The number of unbranched alkanes of at least 4 members (excludes halogenated alkanes) is 1. The largest absolute Gasteiger partial charge is 0.303 e. The van der Waals surface area contributed by atoms with E-state index in [0.717, 1.165) is 18.4 Å².